The number of furan rings is 1. The topological polar surface area (TPSA) is 103 Å². The molecular weight excluding hydrogens is 406 g/mol. The monoisotopic (exact) mass is 429 g/mol. The Kier molecular flexibility index (Phi) is 6.26. The molecule has 158 valence electrons. The van der Waals surface area contributed by atoms with Crippen LogP contribution in [-0.2, 0) is 25.8 Å². The lowest BCUT2D eigenvalue weighted by molar-refractivity contribution is -0.115. The van der Waals surface area contributed by atoms with E-state index < -0.39 is 21.1 Å². The molecule has 8 heteroatoms. The van der Waals surface area contributed by atoms with Crippen LogP contribution in [0.25, 0.3) is 11.0 Å². The van der Waals surface area contributed by atoms with Crippen molar-refractivity contribution in [2.45, 2.75) is 37.3 Å². The van der Waals surface area contributed by atoms with Gasteiger partial charge in [-0.25, -0.2) is 13.2 Å². The first-order valence-corrected chi connectivity index (χ1v) is 11.1. The van der Waals surface area contributed by atoms with Gasteiger partial charge < -0.3 is 14.5 Å². The maximum Gasteiger partial charge on any atom is 0.376 e. The summed E-state index contributed by atoms with van der Waals surface area (Å²) in [6.45, 7) is 5.09. The highest BCUT2D eigenvalue weighted by molar-refractivity contribution is 7.92. The minimum atomic E-state index is -3.37. The molecule has 30 heavy (non-hydrogen) atoms. The van der Waals surface area contributed by atoms with Gasteiger partial charge in [-0.1, -0.05) is 24.3 Å². The predicted molar refractivity (Wildman–Crippen MR) is 113 cm³/mol. The lowest BCUT2D eigenvalue weighted by Crippen LogP contribution is -2.17. The maximum absolute atomic E-state index is 12.6. The third-order valence-corrected chi connectivity index (χ3v) is 6.73. The van der Waals surface area contributed by atoms with Gasteiger partial charge >= 0.3 is 5.97 Å². The van der Waals surface area contributed by atoms with Crippen LogP contribution in [-0.4, -0.2) is 32.2 Å². The van der Waals surface area contributed by atoms with Crippen LogP contribution >= 0.6 is 0 Å². The first-order valence-electron chi connectivity index (χ1n) is 9.55. The summed E-state index contributed by atoms with van der Waals surface area (Å²) in [6, 6.07) is 13.2. The number of benzene rings is 2. The fourth-order valence-corrected chi connectivity index (χ4v) is 4.01. The van der Waals surface area contributed by atoms with Gasteiger partial charge in [-0.05, 0) is 50.6 Å². The second-order valence-electron chi connectivity index (χ2n) is 6.99. The molecule has 0 spiro atoms. The molecule has 3 rings (SSSR count). The molecule has 0 atom stereocenters. The summed E-state index contributed by atoms with van der Waals surface area (Å²) >= 11 is 0. The summed E-state index contributed by atoms with van der Waals surface area (Å²) in [5.74, 6) is -1.09. The van der Waals surface area contributed by atoms with E-state index in [1.165, 1.54) is 12.1 Å². The molecule has 0 unspecified atom stereocenters. The Balaban J connectivity index is 1.82. The van der Waals surface area contributed by atoms with E-state index >= 15 is 0 Å². The predicted octanol–water partition coefficient (Wildman–Crippen LogP) is 3.97. The fraction of sp³-hybridized carbons (Fsp3) is 0.273. The number of hydrogen-bond acceptors (Lipinski definition) is 6. The SMILES string of the molecule is CCOC(=O)c1oc2ccccc2c1NC(=O)Cc1ccc(S(=O)(=O)C(C)C)cc1. The van der Waals surface area contributed by atoms with Gasteiger partial charge in [-0.3, -0.25) is 4.79 Å². The largest absolute Gasteiger partial charge is 0.460 e. The minimum absolute atomic E-state index is 0.00375. The van der Waals surface area contributed by atoms with Crippen molar-refractivity contribution in [3.8, 4) is 0 Å². The molecule has 0 saturated heterocycles. The van der Waals surface area contributed by atoms with E-state index in [-0.39, 0.29) is 35.3 Å². The number of carbonyl (C=O) groups excluding carboxylic acids is 2. The number of rotatable bonds is 7. The normalized spacial score (nSPS) is 11.6. The fourth-order valence-electron chi connectivity index (χ4n) is 2.95. The van der Waals surface area contributed by atoms with Gasteiger partial charge in [0.25, 0.3) is 0 Å². The van der Waals surface area contributed by atoms with Crippen molar-refractivity contribution in [3.63, 3.8) is 0 Å². The zero-order chi connectivity index (χ0) is 21.9. The number of nitrogens with one attached hydrogen (secondary N) is 1. The minimum Gasteiger partial charge on any atom is -0.460 e. The van der Waals surface area contributed by atoms with E-state index in [9.17, 15) is 18.0 Å². The number of esters is 1. The first-order chi connectivity index (χ1) is 14.2. The highest BCUT2D eigenvalue weighted by atomic mass is 32.2. The highest BCUT2D eigenvalue weighted by Crippen LogP contribution is 2.31. The zero-order valence-electron chi connectivity index (χ0n) is 17.0. The summed E-state index contributed by atoms with van der Waals surface area (Å²) in [5.41, 5.74) is 1.35. The van der Waals surface area contributed by atoms with Crippen molar-refractivity contribution in [1.29, 1.82) is 0 Å². The highest BCUT2D eigenvalue weighted by Gasteiger charge is 2.23. The van der Waals surface area contributed by atoms with Crippen LogP contribution in [0.1, 0.15) is 36.9 Å². The van der Waals surface area contributed by atoms with Gasteiger partial charge in [0, 0.05) is 5.39 Å². The molecule has 0 saturated carbocycles. The second-order valence-corrected chi connectivity index (χ2v) is 9.49. The van der Waals surface area contributed by atoms with Gasteiger partial charge in [-0.15, -0.1) is 0 Å². The first kappa shape index (κ1) is 21.6. The summed E-state index contributed by atoms with van der Waals surface area (Å²) in [6.07, 6.45) is 0.00375. The van der Waals surface area contributed by atoms with E-state index in [1.54, 1.807) is 57.2 Å². The van der Waals surface area contributed by atoms with Crippen molar-refractivity contribution in [2.24, 2.45) is 0 Å². The van der Waals surface area contributed by atoms with Crippen molar-refractivity contribution < 1.29 is 27.2 Å². The molecule has 2 aromatic carbocycles. The molecule has 3 aromatic rings. The van der Waals surface area contributed by atoms with Crippen LogP contribution < -0.4 is 5.32 Å². The molecule has 0 aliphatic carbocycles. The second kappa shape index (κ2) is 8.71. The number of fused-ring (bicyclic) bond motifs is 1. The van der Waals surface area contributed by atoms with Crippen LogP contribution in [0, 0.1) is 0 Å². The number of carbonyl (C=O) groups is 2. The molecule has 0 bridgehead atoms. The molecule has 1 aromatic heterocycles. The Morgan fingerprint density at radius 3 is 2.37 bits per heavy atom. The van der Waals surface area contributed by atoms with Crippen LogP contribution in [0.15, 0.2) is 57.8 Å². The van der Waals surface area contributed by atoms with Gasteiger partial charge in [0.15, 0.2) is 9.84 Å². The standard InChI is InChI=1S/C22H23NO6S/c1-4-28-22(25)21-20(17-7-5-6-8-18(17)29-21)23-19(24)13-15-9-11-16(12-10-15)30(26,27)14(2)3/h5-12,14H,4,13H2,1-3H3,(H,23,24). The maximum atomic E-state index is 12.6. The Morgan fingerprint density at radius 1 is 1.07 bits per heavy atom. The number of hydrogen-bond donors (Lipinski definition) is 1. The van der Waals surface area contributed by atoms with Gasteiger partial charge in [-0.2, -0.15) is 0 Å². The Bertz CT molecular complexity index is 1180. The Hall–Kier alpha value is -3.13. The van der Waals surface area contributed by atoms with E-state index in [0.717, 1.165) is 0 Å². The smallest absolute Gasteiger partial charge is 0.376 e. The molecule has 0 aliphatic rings. The summed E-state index contributed by atoms with van der Waals surface area (Å²) in [4.78, 5) is 25.1. The van der Waals surface area contributed by atoms with Crippen molar-refractivity contribution >= 4 is 38.4 Å². The van der Waals surface area contributed by atoms with E-state index in [4.69, 9.17) is 9.15 Å². The summed E-state index contributed by atoms with van der Waals surface area (Å²) in [7, 11) is -3.37. The number of para-hydroxylation sites is 1. The number of ether oxygens (including phenoxy) is 1. The van der Waals surface area contributed by atoms with Crippen molar-refractivity contribution in [3.05, 3.63) is 59.9 Å². The van der Waals surface area contributed by atoms with E-state index in [1.807, 2.05) is 0 Å². The van der Waals surface area contributed by atoms with Gasteiger partial charge in [0.05, 0.1) is 23.2 Å². The molecule has 1 heterocycles. The van der Waals surface area contributed by atoms with Crippen LogP contribution in [0.3, 0.4) is 0 Å². The zero-order valence-corrected chi connectivity index (χ0v) is 17.8. The van der Waals surface area contributed by atoms with Crippen LogP contribution in [0.4, 0.5) is 5.69 Å². The third kappa shape index (κ3) is 4.38. The average molecular weight is 429 g/mol. The number of amides is 1. The molecule has 0 radical (unpaired) electrons. The van der Waals surface area contributed by atoms with Gasteiger partial charge in [0.2, 0.25) is 11.7 Å². The van der Waals surface area contributed by atoms with E-state index in [2.05, 4.69) is 5.32 Å². The number of sulfone groups is 1. The van der Waals surface area contributed by atoms with Crippen molar-refractivity contribution in [2.75, 3.05) is 11.9 Å². The molecule has 7 nitrogen and oxygen atoms in total. The lowest BCUT2D eigenvalue weighted by atomic mass is 10.1. The van der Waals surface area contributed by atoms with Crippen LogP contribution in [0.2, 0.25) is 0 Å². The van der Waals surface area contributed by atoms with Crippen LogP contribution in [0.5, 0.6) is 0 Å². The number of anilines is 1. The quantitative estimate of drug-likeness (QED) is 0.570. The Labute approximate surface area is 174 Å². The average Bonchev–Trinajstić information content (AvgIpc) is 3.07. The van der Waals surface area contributed by atoms with Gasteiger partial charge in [0.1, 0.15) is 11.3 Å². The molecule has 0 aliphatic heterocycles. The lowest BCUT2D eigenvalue weighted by Gasteiger charge is -2.09. The summed E-state index contributed by atoms with van der Waals surface area (Å²) in [5, 5.41) is 2.80. The third-order valence-electron chi connectivity index (χ3n) is 4.56. The molecular formula is C22H23NO6S. The van der Waals surface area contributed by atoms with E-state index in [0.29, 0.717) is 16.5 Å². The van der Waals surface area contributed by atoms with Crippen molar-refractivity contribution in [1.82, 2.24) is 0 Å². The molecule has 0 fully saturated rings. The summed E-state index contributed by atoms with van der Waals surface area (Å²) < 4.78 is 35.1. The molecule has 1 N–H and O–H groups in total. The molecule has 1 amide bonds. The Morgan fingerprint density at radius 2 is 1.73 bits per heavy atom.